The van der Waals surface area contributed by atoms with Crippen molar-refractivity contribution >= 4 is 5.97 Å². The molecule has 0 atom stereocenters. The average molecular weight is 257 g/mol. The molecule has 0 aliphatic heterocycles. The summed E-state index contributed by atoms with van der Waals surface area (Å²) >= 11 is 0. The number of ether oxygens (including phenoxy) is 1. The number of esters is 1. The maximum absolute atomic E-state index is 11.7. The number of pyridine rings is 1. The Balaban J connectivity index is 2.23. The van der Waals surface area contributed by atoms with Crippen LogP contribution in [0.3, 0.4) is 0 Å². The number of carbonyl (C=O) groups excluding carboxylic acids is 1. The van der Waals surface area contributed by atoms with Gasteiger partial charge in [-0.1, -0.05) is 6.07 Å². The van der Waals surface area contributed by atoms with E-state index in [2.05, 4.69) is 15.0 Å². The molecular weight excluding hydrogens is 242 g/mol. The first-order valence-electron chi connectivity index (χ1n) is 6.09. The number of nitrogens with zero attached hydrogens (tertiary/aromatic N) is 3. The lowest BCUT2D eigenvalue weighted by Gasteiger charge is -2.06. The number of hydrogen-bond acceptors (Lipinski definition) is 5. The zero-order chi connectivity index (χ0) is 13.7. The first-order valence-corrected chi connectivity index (χ1v) is 6.09. The molecule has 0 unspecified atom stereocenters. The van der Waals surface area contributed by atoms with E-state index >= 15 is 0 Å². The zero-order valence-electron chi connectivity index (χ0n) is 11.0. The van der Waals surface area contributed by atoms with Crippen molar-refractivity contribution in [2.45, 2.75) is 20.3 Å². The van der Waals surface area contributed by atoms with Gasteiger partial charge in [-0.05, 0) is 25.5 Å². The van der Waals surface area contributed by atoms with E-state index in [0.29, 0.717) is 30.1 Å². The summed E-state index contributed by atoms with van der Waals surface area (Å²) in [6, 6.07) is 3.80. The van der Waals surface area contributed by atoms with E-state index in [9.17, 15) is 4.79 Å². The van der Waals surface area contributed by atoms with Gasteiger partial charge in [-0.25, -0.2) is 14.8 Å². The van der Waals surface area contributed by atoms with Crippen molar-refractivity contribution in [2.24, 2.45) is 0 Å². The Kier molecular flexibility index (Phi) is 4.18. The van der Waals surface area contributed by atoms with E-state index in [0.717, 1.165) is 5.56 Å². The topological polar surface area (TPSA) is 65.0 Å². The number of hydrogen-bond donors (Lipinski definition) is 0. The molecule has 0 aliphatic carbocycles. The van der Waals surface area contributed by atoms with Crippen LogP contribution in [-0.4, -0.2) is 27.5 Å². The van der Waals surface area contributed by atoms with Crippen molar-refractivity contribution in [1.82, 2.24) is 15.0 Å². The molecule has 0 fully saturated rings. The largest absolute Gasteiger partial charge is 0.461 e. The summed E-state index contributed by atoms with van der Waals surface area (Å²) in [5, 5.41) is 0. The van der Waals surface area contributed by atoms with Crippen LogP contribution in [0.2, 0.25) is 0 Å². The predicted octanol–water partition coefficient (Wildman–Crippen LogP) is 1.95. The van der Waals surface area contributed by atoms with E-state index in [4.69, 9.17) is 4.74 Å². The van der Waals surface area contributed by atoms with Gasteiger partial charge in [-0.3, -0.25) is 4.98 Å². The minimum atomic E-state index is -0.408. The summed E-state index contributed by atoms with van der Waals surface area (Å²) in [5.41, 5.74) is 2.05. The van der Waals surface area contributed by atoms with Crippen molar-refractivity contribution in [1.29, 1.82) is 0 Å². The van der Waals surface area contributed by atoms with Crippen LogP contribution in [0.4, 0.5) is 0 Å². The Labute approximate surface area is 111 Å². The minimum absolute atomic E-state index is 0.329. The summed E-state index contributed by atoms with van der Waals surface area (Å²) in [7, 11) is 0. The van der Waals surface area contributed by atoms with E-state index in [1.54, 1.807) is 32.4 Å². The predicted molar refractivity (Wildman–Crippen MR) is 69.8 cm³/mol. The first-order chi connectivity index (χ1) is 9.20. The van der Waals surface area contributed by atoms with E-state index in [-0.39, 0.29) is 0 Å². The molecular formula is C14H15N3O2. The van der Waals surface area contributed by atoms with Crippen LogP contribution in [0.15, 0.2) is 30.7 Å². The molecule has 0 saturated heterocycles. The van der Waals surface area contributed by atoms with Crippen molar-refractivity contribution in [3.8, 4) is 0 Å². The van der Waals surface area contributed by atoms with Gasteiger partial charge in [0.25, 0.3) is 0 Å². The van der Waals surface area contributed by atoms with Gasteiger partial charge in [0.05, 0.1) is 6.61 Å². The SMILES string of the molecule is CCOC(=O)c1nc(Cc2cccnc2)ncc1C. The molecule has 98 valence electrons. The highest BCUT2D eigenvalue weighted by Crippen LogP contribution is 2.09. The maximum Gasteiger partial charge on any atom is 0.357 e. The highest BCUT2D eigenvalue weighted by Gasteiger charge is 2.13. The highest BCUT2D eigenvalue weighted by atomic mass is 16.5. The third-order valence-electron chi connectivity index (χ3n) is 2.58. The minimum Gasteiger partial charge on any atom is -0.461 e. The third kappa shape index (κ3) is 3.34. The number of rotatable bonds is 4. The fraction of sp³-hybridized carbons (Fsp3) is 0.286. The molecule has 0 aliphatic rings. The van der Waals surface area contributed by atoms with Crippen LogP contribution in [0.1, 0.15) is 34.4 Å². The summed E-state index contributed by atoms with van der Waals surface area (Å²) in [6.45, 7) is 3.89. The molecule has 0 amide bonds. The molecule has 19 heavy (non-hydrogen) atoms. The van der Waals surface area contributed by atoms with Crippen molar-refractivity contribution < 1.29 is 9.53 Å². The lowest BCUT2D eigenvalue weighted by atomic mass is 10.2. The van der Waals surface area contributed by atoms with Gasteiger partial charge in [0.15, 0.2) is 5.69 Å². The summed E-state index contributed by atoms with van der Waals surface area (Å²) in [4.78, 5) is 24.3. The van der Waals surface area contributed by atoms with Gasteiger partial charge >= 0.3 is 5.97 Å². The fourth-order valence-electron chi connectivity index (χ4n) is 1.66. The van der Waals surface area contributed by atoms with Gasteiger partial charge in [-0.15, -0.1) is 0 Å². The molecule has 0 N–H and O–H groups in total. The molecule has 0 bridgehead atoms. The lowest BCUT2D eigenvalue weighted by molar-refractivity contribution is 0.0518. The smallest absolute Gasteiger partial charge is 0.357 e. The second kappa shape index (κ2) is 6.04. The molecule has 5 nitrogen and oxygen atoms in total. The second-order valence-electron chi connectivity index (χ2n) is 4.08. The van der Waals surface area contributed by atoms with Gasteiger partial charge in [-0.2, -0.15) is 0 Å². The maximum atomic E-state index is 11.7. The molecule has 2 rings (SSSR count). The zero-order valence-corrected chi connectivity index (χ0v) is 11.0. The lowest BCUT2D eigenvalue weighted by Crippen LogP contribution is -2.12. The fourth-order valence-corrected chi connectivity index (χ4v) is 1.66. The number of aryl methyl sites for hydroxylation is 1. The standard InChI is InChI=1S/C14H15N3O2/c1-3-19-14(18)13-10(2)8-16-12(17-13)7-11-5-4-6-15-9-11/h4-6,8-9H,3,7H2,1-2H3. The summed E-state index contributed by atoms with van der Waals surface area (Å²) in [6.07, 6.45) is 5.66. The molecule has 2 heterocycles. The quantitative estimate of drug-likeness (QED) is 0.783. The van der Waals surface area contributed by atoms with Crippen LogP contribution in [-0.2, 0) is 11.2 Å². The third-order valence-corrected chi connectivity index (χ3v) is 2.58. The van der Waals surface area contributed by atoms with Gasteiger partial charge < -0.3 is 4.74 Å². The van der Waals surface area contributed by atoms with Crippen molar-refractivity contribution in [2.75, 3.05) is 6.61 Å². The van der Waals surface area contributed by atoms with Gasteiger partial charge in [0.2, 0.25) is 0 Å². The Morgan fingerprint density at radius 2 is 2.21 bits per heavy atom. The monoisotopic (exact) mass is 257 g/mol. The average Bonchev–Trinajstić information content (AvgIpc) is 2.42. The number of aromatic nitrogens is 3. The van der Waals surface area contributed by atoms with E-state index < -0.39 is 5.97 Å². The van der Waals surface area contributed by atoms with Gasteiger partial charge in [0, 0.05) is 30.6 Å². The Morgan fingerprint density at radius 3 is 2.89 bits per heavy atom. The number of carbonyl (C=O) groups is 1. The van der Waals surface area contributed by atoms with Crippen LogP contribution >= 0.6 is 0 Å². The molecule has 2 aromatic rings. The molecule has 0 radical (unpaired) electrons. The van der Waals surface area contributed by atoms with Crippen molar-refractivity contribution in [3.63, 3.8) is 0 Å². The Hall–Kier alpha value is -2.30. The van der Waals surface area contributed by atoms with Crippen LogP contribution in [0, 0.1) is 6.92 Å². The van der Waals surface area contributed by atoms with Crippen LogP contribution in [0.5, 0.6) is 0 Å². The van der Waals surface area contributed by atoms with Gasteiger partial charge in [0.1, 0.15) is 5.82 Å². The Morgan fingerprint density at radius 1 is 1.37 bits per heavy atom. The molecule has 2 aromatic heterocycles. The highest BCUT2D eigenvalue weighted by molar-refractivity contribution is 5.88. The van der Waals surface area contributed by atoms with Crippen molar-refractivity contribution in [3.05, 3.63) is 53.4 Å². The molecule has 0 saturated carbocycles. The normalized spacial score (nSPS) is 10.2. The van der Waals surface area contributed by atoms with Crippen LogP contribution in [0.25, 0.3) is 0 Å². The van der Waals surface area contributed by atoms with E-state index in [1.165, 1.54) is 0 Å². The first kappa shape index (κ1) is 13.1. The Bertz CT molecular complexity index is 570. The molecule has 0 aromatic carbocycles. The summed E-state index contributed by atoms with van der Waals surface area (Å²) < 4.78 is 4.97. The summed E-state index contributed by atoms with van der Waals surface area (Å²) in [5.74, 6) is 0.177. The molecule has 5 heteroatoms. The van der Waals surface area contributed by atoms with Crippen LogP contribution < -0.4 is 0 Å². The van der Waals surface area contributed by atoms with E-state index in [1.807, 2.05) is 12.1 Å². The molecule has 0 spiro atoms. The second-order valence-corrected chi connectivity index (χ2v) is 4.08.